The number of Topliss-reactive ketones (excluding diaryl/α,β-unsaturated/α-hetero) is 2. The minimum absolute atomic E-state index is 0.0697. The molecule has 0 aromatic carbocycles. The number of carbonyl (C=O) groups is 2. The van der Waals surface area contributed by atoms with Crippen molar-refractivity contribution in [3.05, 3.63) is 0 Å². The van der Waals surface area contributed by atoms with E-state index >= 15 is 0 Å². The predicted molar refractivity (Wildman–Crippen MR) is 191 cm³/mol. The summed E-state index contributed by atoms with van der Waals surface area (Å²) in [6.45, 7) is 8.19. The molecule has 0 bridgehead atoms. The van der Waals surface area contributed by atoms with Crippen LogP contribution < -0.4 is 5.73 Å². The van der Waals surface area contributed by atoms with Gasteiger partial charge in [-0.1, -0.05) is 168 Å². The highest BCUT2D eigenvalue weighted by Gasteiger charge is 2.42. The molecule has 0 spiro atoms. The van der Waals surface area contributed by atoms with Crippen LogP contribution in [0, 0.1) is 5.41 Å². The standard InChI is InChI=1S/C36H71NO2.CH4O4S/c1-5-7-9-11-13-15-17-19-21-23-25-27-29-31-34(38)36(4,33(3)37)35(39)32-30-28-26-24-22-20-18-16-14-12-10-8-6-2;1-5-6(2,3)4/h33H,5-32,37H2,1-4H3;1H3,(H,2,3,4). The maximum absolute atomic E-state index is 13.1. The number of hydrogen-bond donors (Lipinski definition) is 2. The third-order valence-electron chi connectivity index (χ3n) is 9.29. The minimum Gasteiger partial charge on any atom is -0.327 e. The molecular formula is C37H75NO6S. The Labute approximate surface area is 279 Å². The van der Waals surface area contributed by atoms with Gasteiger partial charge in [-0.3, -0.25) is 18.3 Å². The fourth-order valence-corrected chi connectivity index (χ4v) is 5.79. The first-order chi connectivity index (χ1) is 21.5. The van der Waals surface area contributed by atoms with Crippen molar-refractivity contribution in [3.63, 3.8) is 0 Å². The summed E-state index contributed by atoms with van der Waals surface area (Å²) >= 11 is 0. The zero-order chi connectivity index (χ0) is 34.2. The van der Waals surface area contributed by atoms with Crippen molar-refractivity contribution in [3.8, 4) is 0 Å². The van der Waals surface area contributed by atoms with Crippen molar-refractivity contribution in [2.45, 2.75) is 214 Å². The summed E-state index contributed by atoms with van der Waals surface area (Å²) in [5.41, 5.74) is 5.21. The van der Waals surface area contributed by atoms with Crippen LogP contribution in [0.1, 0.15) is 207 Å². The van der Waals surface area contributed by atoms with E-state index in [2.05, 4.69) is 18.0 Å². The molecular weight excluding hydrogens is 586 g/mol. The van der Waals surface area contributed by atoms with Crippen molar-refractivity contribution >= 4 is 22.0 Å². The van der Waals surface area contributed by atoms with E-state index in [0.29, 0.717) is 12.8 Å². The number of unbranched alkanes of at least 4 members (excludes halogenated alkanes) is 24. The Kier molecular flexibility index (Phi) is 32.7. The molecule has 0 aliphatic heterocycles. The number of nitrogens with two attached hydrogens (primary N) is 1. The Hall–Kier alpha value is -0.830. The van der Waals surface area contributed by atoms with Crippen LogP contribution in [0.5, 0.6) is 0 Å². The van der Waals surface area contributed by atoms with Gasteiger partial charge in [0.25, 0.3) is 0 Å². The molecule has 7 nitrogen and oxygen atoms in total. The van der Waals surface area contributed by atoms with Gasteiger partial charge in [0.05, 0.1) is 12.5 Å². The molecule has 0 rings (SSSR count). The lowest BCUT2D eigenvalue weighted by Crippen LogP contribution is -2.49. The first-order valence-electron chi connectivity index (χ1n) is 18.8. The van der Waals surface area contributed by atoms with E-state index in [-0.39, 0.29) is 11.6 Å². The van der Waals surface area contributed by atoms with Gasteiger partial charge >= 0.3 is 10.4 Å². The lowest BCUT2D eigenvalue weighted by molar-refractivity contribution is -0.141. The lowest BCUT2D eigenvalue weighted by Gasteiger charge is -2.30. The number of hydrogen-bond acceptors (Lipinski definition) is 6. The highest BCUT2D eigenvalue weighted by atomic mass is 32.3. The molecule has 8 heteroatoms. The molecule has 0 aromatic heterocycles. The van der Waals surface area contributed by atoms with Crippen molar-refractivity contribution in [2.24, 2.45) is 11.1 Å². The summed E-state index contributed by atoms with van der Waals surface area (Å²) in [5, 5.41) is 0. The van der Waals surface area contributed by atoms with Gasteiger partial charge in [0.2, 0.25) is 0 Å². The maximum Gasteiger partial charge on any atom is 0.397 e. The van der Waals surface area contributed by atoms with Gasteiger partial charge in [-0.05, 0) is 26.7 Å². The van der Waals surface area contributed by atoms with Crippen molar-refractivity contribution in [2.75, 3.05) is 7.11 Å². The van der Waals surface area contributed by atoms with Gasteiger partial charge in [-0.2, -0.15) is 8.42 Å². The second kappa shape index (κ2) is 31.8. The van der Waals surface area contributed by atoms with Crippen molar-refractivity contribution in [1.82, 2.24) is 0 Å². The van der Waals surface area contributed by atoms with E-state index in [0.717, 1.165) is 32.8 Å². The van der Waals surface area contributed by atoms with Gasteiger partial charge in [0.1, 0.15) is 11.6 Å². The topological polar surface area (TPSA) is 124 Å². The van der Waals surface area contributed by atoms with Crippen LogP contribution in [0.4, 0.5) is 0 Å². The molecule has 3 N–H and O–H groups in total. The largest absolute Gasteiger partial charge is 0.397 e. The molecule has 0 aliphatic carbocycles. The van der Waals surface area contributed by atoms with Gasteiger partial charge in [0, 0.05) is 18.9 Å². The second-order valence-corrected chi connectivity index (χ2v) is 14.6. The summed E-state index contributed by atoms with van der Waals surface area (Å²) in [6, 6.07) is -0.415. The highest BCUT2D eigenvalue weighted by molar-refractivity contribution is 7.80. The molecule has 0 amide bonds. The quantitative estimate of drug-likeness (QED) is 0.0417. The fourth-order valence-electron chi connectivity index (χ4n) is 5.79. The van der Waals surface area contributed by atoms with E-state index in [9.17, 15) is 18.0 Å². The molecule has 0 aromatic rings. The van der Waals surface area contributed by atoms with Crippen LogP contribution in [0.2, 0.25) is 0 Å². The highest BCUT2D eigenvalue weighted by Crippen LogP contribution is 2.29. The normalized spacial score (nSPS) is 12.5. The zero-order valence-corrected chi connectivity index (χ0v) is 31.2. The average molecular weight is 662 g/mol. The number of rotatable bonds is 32. The lowest BCUT2D eigenvalue weighted by atomic mass is 9.72. The molecule has 0 saturated heterocycles. The van der Waals surface area contributed by atoms with Gasteiger partial charge in [0.15, 0.2) is 0 Å². The van der Waals surface area contributed by atoms with Gasteiger partial charge in [-0.15, -0.1) is 0 Å². The van der Waals surface area contributed by atoms with Crippen LogP contribution in [-0.2, 0) is 24.2 Å². The zero-order valence-electron chi connectivity index (χ0n) is 30.4. The van der Waals surface area contributed by atoms with E-state index in [4.69, 9.17) is 10.3 Å². The summed E-state index contributed by atoms with van der Waals surface area (Å²) in [5.74, 6) is 0.139. The van der Waals surface area contributed by atoms with Gasteiger partial charge < -0.3 is 5.73 Å². The number of carbonyl (C=O) groups excluding carboxylic acids is 2. The van der Waals surface area contributed by atoms with Crippen LogP contribution in [0.25, 0.3) is 0 Å². The second-order valence-electron chi connectivity index (χ2n) is 13.4. The fraction of sp³-hybridized carbons (Fsp3) is 0.946. The van der Waals surface area contributed by atoms with Crippen LogP contribution in [0.3, 0.4) is 0 Å². The van der Waals surface area contributed by atoms with E-state index in [1.807, 2.05) is 13.8 Å². The van der Waals surface area contributed by atoms with Crippen LogP contribution >= 0.6 is 0 Å². The molecule has 1 atom stereocenters. The minimum atomic E-state index is -4.16. The molecule has 0 aliphatic rings. The predicted octanol–water partition coefficient (Wildman–Crippen LogP) is 10.9. The summed E-state index contributed by atoms with van der Waals surface area (Å²) in [4.78, 5) is 26.2. The summed E-state index contributed by atoms with van der Waals surface area (Å²) < 4.78 is 29.7. The Bertz CT molecular complexity index is 742. The molecule has 0 saturated carbocycles. The Balaban J connectivity index is 0. The monoisotopic (exact) mass is 662 g/mol. The van der Waals surface area contributed by atoms with E-state index < -0.39 is 21.9 Å². The Morgan fingerprint density at radius 1 is 0.578 bits per heavy atom. The molecule has 0 radical (unpaired) electrons. The first kappa shape index (κ1) is 46.3. The van der Waals surface area contributed by atoms with E-state index in [1.54, 1.807) is 0 Å². The summed E-state index contributed by atoms with van der Waals surface area (Å²) in [6.07, 6.45) is 34.6. The Morgan fingerprint density at radius 2 is 0.778 bits per heavy atom. The van der Waals surface area contributed by atoms with Crippen LogP contribution in [-0.4, -0.2) is 37.7 Å². The van der Waals surface area contributed by atoms with Crippen molar-refractivity contribution < 1.29 is 26.7 Å². The molecule has 45 heavy (non-hydrogen) atoms. The molecule has 270 valence electrons. The SMILES string of the molecule is CCCCCCCCCCCCCCCC(=O)C(C)(C(=O)CCCCCCCCCCCCCCC)C(C)N.COS(=O)(=O)O. The van der Waals surface area contributed by atoms with Crippen LogP contribution in [0.15, 0.2) is 0 Å². The average Bonchev–Trinajstić information content (AvgIpc) is 3.00. The third-order valence-corrected chi connectivity index (χ3v) is 9.72. The Morgan fingerprint density at radius 3 is 0.956 bits per heavy atom. The van der Waals surface area contributed by atoms with E-state index in [1.165, 1.54) is 141 Å². The summed E-state index contributed by atoms with van der Waals surface area (Å²) in [7, 11) is -3.29. The molecule has 1 unspecified atom stereocenters. The maximum atomic E-state index is 13.1. The molecule has 0 fully saturated rings. The number of ketones is 2. The smallest absolute Gasteiger partial charge is 0.327 e. The van der Waals surface area contributed by atoms with Gasteiger partial charge in [-0.25, -0.2) is 0 Å². The third kappa shape index (κ3) is 29.1. The van der Waals surface area contributed by atoms with Crippen molar-refractivity contribution in [1.29, 1.82) is 0 Å². The molecule has 0 heterocycles. The first-order valence-corrected chi connectivity index (χ1v) is 20.2.